The molecule has 1 rings (SSSR count). The second kappa shape index (κ2) is 7.19. The van der Waals surface area contributed by atoms with E-state index in [1.807, 2.05) is 0 Å². The molecule has 6 nitrogen and oxygen atoms in total. The largest absolute Gasteiger partial charge is 0.480 e. The van der Waals surface area contributed by atoms with Crippen molar-refractivity contribution < 1.29 is 29.6 Å². The molecule has 2 unspecified atom stereocenters. The molecule has 2 atom stereocenters. The van der Waals surface area contributed by atoms with Gasteiger partial charge in [0.15, 0.2) is 5.41 Å². The zero-order chi connectivity index (χ0) is 16.0. The van der Waals surface area contributed by atoms with E-state index in [1.165, 1.54) is 6.07 Å². The number of carboxylic acid groups (broad SMARTS) is 1. The highest BCUT2D eigenvalue weighted by Crippen LogP contribution is 2.34. The van der Waals surface area contributed by atoms with Gasteiger partial charge in [0.05, 0.1) is 19.3 Å². The summed E-state index contributed by atoms with van der Waals surface area (Å²) in [6.45, 7) is 2.64. The first-order valence-corrected chi connectivity index (χ1v) is 6.65. The van der Waals surface area contributed by atoms with Gasteiger partial charge < -0.3 is 20.1 Å². The second-order valence-electron chi connectivity index (χ2n) is 4.79. The fourth-order valence-electron chi connectivity index (χ4n) is 2.32. The summed E-state index contributed by atoms with van der Waals surface area (Å²) in [6.07, 6.45) is -1.80. The Balaban J connectivity index is 3.48. The molecule has 21 heavy (non-hydrogen) atoms. The van der Waals surface area contributed by atoms with Gasteiger partial charge in [-0.1, -0.05) is 24.3 Å². The first kappa shape index (κ1) is 17.1. The number of benzene rings is 1. The van der Waals surface area contributed by atoms with E-state index in [9.17, 15) is 19.8 Å². The van der Waals surface area contributed by atoms with Gasteiger partial charge >= 0.3 is 11.9 Å². The van der Waals surface area contributed by atoms with E-state index in [0.717, 1.165) is 0 Å². The Hall–Kier alpha value is -1.92. The number of aryl methyl sites for hydroxylation is 1. The smallest absolute Gasteiger partial charge is 0.328 e. The van der Waals surface area contributed by atoms with Crippen LogP contribution in [-0.2, 0) is 19.7 Å². The van der Waals surface area contributed by atoms with Gasteiger partial charge in [-0.15, -0.1) is 0 Å². The monoisotopic (exact) mass is 296 g/mol. The standard InChI is InChI=1S/C15H20O6/c1-3-21-14(20)15(13(18)19,8-11(17)9-16)12-7-5-4-6-10(12)2/h4-7,11,16-17H,3,8-9H2,1-2H3,(H,18,19). The lowest BCUT2D eigenvalue weighted by Gasteiger charge is -2.30. The van der Waals surface area contributed by atoms with E-state index in [0.29, 0.717) is 5.56 Å². The molecule has 0 bridgehead atoms. The molecular formula is C15H20O6. The molecule has 0 saturated carbocycles. The van der Waals surface area contributed by atoms with Crippen molar-refractivity contribution in [3.63, 3.8) is 0 Å². The van der Waals surface area contributed by atoms with Crippen molar-refractivity contribution in [3.8, 4) is 0 Å². The summed E-state index contributed by atoms with van der Waals surface area (Å²) in [4.78, 5) is 24.2. The van der Waals surface area contributed by atoms with Crippen LogP contribution >= 0.6 is 0 Å². The number of carbonyl (C=O) groups excluding carboxylic acids is 1. The highest BCUT2D eigenvalue weighted by atomic mass is 16.5. The maximum Gasteiger partial charge on any atom is 0.328 e. The van der Waals surface area contributed by atoms with Gasteiger partial charge in [0.25, 0.3) is 0 Å². The van der Waals surface area contributed by atoms with Gasteiger partial charge in [-0.3, -0.25) is 9.59 Å². The zero-order valence-corrected chi connectivity index (χ0v) is 12.1. The molecule has 0 amide bonds. The number of hydrogen-bond acceptors (Lipinski definition) is 5. The Morgan fingerprint density at radius 3 is 2.43 bits per heavy atom. The third kappa shape index (κ3) is 3.40. The number of hydrogen-bond donors (Lipinski definition) is 3. The van der Waals surface area contributed by atoms with Crippen molar-refractivity contribution >= 4 is 11.9 Å². The fraction of sp³-hybridized carbons (Fsp3) is 0.467. The third-order valence-electron chi connectivity index (χ3n) is 3.35. The number of aliphatic hydroxyl groups is 2. The molecule has 0 aliphatic heterocycles. The lowest BCUT2D eigenvalue weighted by Crippen LogP contribution is -2.48. The summed E-state index contributed by atoms with van der Waals surface area (Å²) in [5.74, 6) is -2.36. The van der Waals surface area contributed by atoms with Crippen LogP contribution < -0.4 is 0 Å². The highest BCUT2D eigenvalue weighted by molar-refractivity contribution is 6.06. The average Bonchev–Trinajstić information content (AvgIpc) is 2.45. The van der Waals surface area contributed by atoms with E-state index >= 15 is 0 Å². The molecule has 0 radical (unpaired) electrons. The molecule has 1 aromatic carbocycles. The van der Waals surface area contributed by atoms with Crippen molar-refractivity contribution in [2.75, 3.05) is 13.2 Å². The third-order valence-corrected chi connectivity index (χ3v) is 3.35. The Bertz CT molecular complexity index is 513. The predicted molar refractivity (Wildman–Crippen MR) is 74.8 cm³/mol. The number of ether oxygens (including phenoxy) is 1. The van der Waals surface area contributed by atoms with Crippen LogP contribution in [0.4, 0.5) is 0 Å². The number of aliphatic hydroxyl groups excluding tert-OH is 2. The molecule has 3 N–H and O–H groups in total. The van der Waals surface area contributed by atoms with E-state index in [2.05, 4.69) is 0 Å². The van der Waals surface area contributed by atoms with Gasteiger partial charge in [-0.05, 0) is 25.0 Å². The number of rotatable bonds is 7. The first-order valence-electron chi connectivity index (χ1n) is 6.65. The normalized spacial score (nSPS) is 15.0. The molecule has 0 aliphatic rings. The minimum Gasteiger partial charge on any atom is -0.480 e. The van der Waals surface area contributed by atoms with Crippen molar-refractivity contribution in [2.45, 2.75) is 31.8 Å². The average molecular weight is 296 g/mol. The van der Waals surface area contributed by atoms with Crippen molar-refractivity contribution in [1.29, 1.82) is 0 Å². The Morgan fingerprint density at radius 1 is 1.33 bits per heavy atom. The van der Waals surface area contributed by atoms with Gasteiger partial charge in [-0.2, -0.15) is 0 Å². The van der Waals surface area contributed by atoms with Gasteiger partial charge in [0.1, 0.15) is 0 Å². The predicted octanol–water partition coefficient (Wildman–Crippen LogP) is 0.624. The SMILES string of the molecule is CCOC(=O)C(CC(O)CO)(C(=O)O)c1ccccc1C. The van der Waals surface area contributed by atoms with Crippen LogP contribution in [0.5, 0.6) is 0 Å². The molecule has 0 aromatic heterocycles. The Morgan fingerprint density at radius 2 is 1.95 bits per heavy atom. The summed E-state index contributed by atoms with van der Waals surface area (Å²) in [7, 11) is 0. The van der Waals surface area contributed by atoms with E-state index in [4.69, 9.17) is 9.84 Å². The number of carbonyl (C=O) groups is 2. The Labute approximate surface area is 123 Å². The molecule has 0 saturated heterocycles. The number of esters is 1. The van der Waals surface area contributed by atoms with E-state index < -0.39 is 36.5 Å². The lowest BCUT2D eigenvalue weighted by molar-refractivity contribution is -0.163. The molecule has 1 aromatic rings. The lowest BCUT2D eigenvalue weighted by atomic mass is 9.74. The maximum atomic E-state index is 12.3. The molecule has 0 aliphatic carbocycles. The van der Waals surface area contributed by atoms with Crippen LogP contribution in [0.1, 0.15) is 24.5 Å². The van der Waals surface area contributed by atoms with Gasteiger partial charge in [0.2, 0.25) is 0 Å². The minimum absolute atomic E-state index is 0.0228. The highest BCUT2D eigenvalue weighted by Gasteiger charge is 2.51. The molecule has 0 fully saturated rings. The Kier molecular flexibility index (Phi) is 5.87. The van der Waals surface area contributed by atoms with Crippen LogP contribution in [0.25, 0.3) is 0 Å². The van der Waals surface area contributed by atoms with E-state index in [-0.39, 0.29) is 12.2 Å². The molecule has 116 valence electrons. The van der Waals surface area contributed by atoms with Crippen LogP contribution in [-0.4, -0.2) is 46.6 Å². The summed E-state index contributed by atoms with van der Waals surface area (Å²) in [5.41, 5.74) is -1.19. The van der Waals surface area contributed by atoms with Crippen LogP contribution in [0, 0.1) is 6.92 Å². The topological polar surface area (TPSA) is 104 Å². The molecule has 0 heterocycles. The molecule has 6 heteroatoms. The van der Waals surface area contributed by atoms with Crippen LogP contribution in [0.3, 0.4) is 0 Å². The minimum atomic E-state index is -2.04. The van der Waals surface area contributed by atoms with Gasteiger partial charge in [-0.25, -0.2) is 0 Å². The molecule has 0 spiro atoms. The fourth-order valence-corrected chi connectivity index (χ4v) is 2.32. The van der Waals surface area contributed by atoms with E-state index in [1.54, 1.807) is 32.0 Å². The summed E-state index contributed by atoms with van der Waals surface area (Å²) in [6, 6.07) is 6.53. The zero-order valence-electron chi connectivity index (χ0n) is 12.1. The van der Waals surface area contributed by atoms with Crippen molar-refractivity contribution in [1.82, 2.24) is 0 Å². The molecular weight excluding hydrogens is 276 g/mol. The van der Waals surface area contributed by atoms with Crippen LogP contribution in [0.15, 0.2) is 24.3 Å². The first-order chi connectivity index (χ1) is 9.90. The maximum absolute atomic E-state index is 12.3. The van der Waals surface area contributed by atoms with Gasteiger partial charge in [0, 0.05) is 6.42 Å². The van der Waals surface area contributed by atoms with Crippen molar-refractivity contribution in [2.24, 2.45) is 0 Å². The summed E-state index contributed by atoms with van der Waals surface area (Å²) >= 11 is 0. The van der Waals surface area contributed by atoms with Crippen molar-refractivity contribution in [3.05, 3.63) is 35.4 Å². The number of aliphatic carboxylic acids is 1. The second-order valence-corrected chi connectivity index (χ2v) is 4.79. The summed E-state index contributed by atoms with van der Waals surface area (Å²) in [5, 5.41) is 28.4. The quantitative estimate of drug-likeness (QED) is 0.503. The summed E-state index contributed by atoms with van der Waals surface area (Å²) < 4.78 is 4.91. The van der Waals surface area contributed by atoms with Crippen LogP contribution in [0.2, 0.25) is 0 Å². The number of carboxylic acids is 1.